The van der Waals surface area contributed by atoms with Gasteiger partial charge in [0.15, 0.2) is 0 Å². The number of hydrogen-bond donors (Lipinski definition) is 0. The van der Waals surface area contributed by atoms with Gasteiger partial charge in [0.05, 0.1) is 19.8 Å². The fourth-order valence-electron chi connectivity index (χ4n) is 4.40. The predicted octanol–water partition coefficient (Wildman–Crippen LogP) is 1.01. The molecule has 7 heteroatoms. The molecule has 3 aliphatic rings. The SMILES string of the molecule is Cn1c(CN2CCOCC2)nnc1C1CCN(C2CCOCC2)CC1. The number of likely N-dealkylation sites (tertiary alicyclic amines) is 1. The summed E-state index contributed by atoms with van der Waals surface area (Å²) >= 11 is 0. The van der Waals surface area contributed by atoms with Gasteiger partial charge in [0, 0.05) is 45.3 Å². The first kappa shape index (κ1) is 17.4. The van der Waals surface area contributed by atoms with Gasteiger partial charge in [0.2, 0.25) is 0 Å². The van der Waals surface area contributed by atoms with Crippen molar-refractivity contribution in [3.63, 3.8) is 0 Å². The number of morpholine rings is 1. The Morgan fingerprint density at radius 2 is 1.56 bits per heavy atom. The van der Waals surface area contributed by atoms with Crippen molar-refractivity contribution in [2.24, 2.45) is 7.05 Å². The van der Waals surface area contributed by atoms with Gasteiger partial charge in [-0.1, -0.05) is 0 Å². The molecule has 0 saturated carbocycles. The second kappa shape index (κ2) is 8.12. The third kappa shape index (κ3) is 4.05. The lowest BCUT2D eigenvalue weighted by Gasteiger charge is -2.38. The molecular weight excluding hydrogens is 318 g/mol. The van der Waals surface area contributed by atoms with Crippen LogP contribution >= 0.6 is 0 Å². The summed E-state index contributed by atoms with van der Waals surface area (Å²) in [6.45, 7) is 8.75. The Labute approximate surface area is 150 Å². The summed E-state index contributed by atoms with van der Waals surface area (Å²) in [5.41, 5.74) is 0. The monoisotopic (exact) mass is 349 g/mol. The zero-order chi connectivity index (χ0) is 17.1. The van der Waals surface area contributed by atoms with Crippen molar-refractivity contribution in [3.8, 4) is 0 Å². The van der Waals surface area contributed by atoms with Crippen molar-refractivity contribution in [2.45, 2.75) is 44.2 Å². The maximum Gasteiger partial charge on any atom is 0.146 e. The van der Waals surface area contributed by atoms with E-state index in [2.05, 4.69) is 31.6 Å². The summed E-state index contributed by atoms with van der Waals surface area (Å²) in [6, 6.07) is 0.728. The molecule has 7 nitrogen and oxygen atoms in total. The molecule has 0 spiro atoms. The average molecular weight is 349 g/mol. The van der Waals surface area contributed by atoms with E-state index in [-0.39, 0.29) is 0 Å². The number of ether oxygens (including phenoxy) is 2. The van der Waals surface area contributed by atoms with Gasteiger partial charge in [0.1, 0.15) is 11.6 Å². The maximum atomic E-state index is 5.50. The van der Waals surface area contributed by atoms with Gasteiger partial charge >= 0.3 is 0 Å². The quantitative estimate of drug-likeness (QED) is 0.809. The Kier molecular flexibility index (Phi) is 5.65. The Morgan fingerprint density at radius 1 is 0.880 bits per heavy atom. The second-order valence-corrected chi connectivity index (χ2v) is 7.58. The zero-order valence-corrected chi connectivity index (χ0v) is 15.4. The Bertz CT molecular complexity index is 544. The average Bonchev–Trinajstić information content (AvgIpc) is 3.04. The van der Waals surface area contributed by atoms with Crippen molar-refractivity contribution >= 4 is 0 Å². The molecular formula is C18H31N5O2. The van der Waals surface area contributed by atoms with Crippen molar-refractivity contribution in [3.05, 3.63) is 11.6 Å². The Hall–Kier alpha value is -1.02. The van der Waals surface area contributed by atoms with Crippen molar-refractivity contribution in [1.82, 2.24) is 24.6 Å². The molecule has 3 aliphatic heterocycles. The van der Waals surface area contributed by atoms with E-state index in [1.807, 2.05) is 0 Å². The van der Waals surface area contributed by atoms with E-state index < -0.39 is 0 Å². The van der Waals surface area contributed by atoms with Crippen LogP contribution in [-0.2, 0) is 23.1 Å². The highest BCUT2D eigenvalue weighted by atomic mass is 16.5. The van der Waals surface area contributed by atoms with E-state index in [1.54, 1.807) is 0 Å². The molecule has 0 amide bonds. The number of nitrogens with zero attached hydrogens (tertiary/aromatic N) is 5. The molecule has 4 heterocycles. The molecule has 25 heavy (non-hydrogen) atoms. The third-order valence-corrected chi connectivity index (χ3v) is 6.07. The summed E-state index contributed by atoms with van der Waals surface area (Å²) in [4.78, 5) is 5.08. The molecule has 4 rings (SSSR count). The number of piperidine rings is 1. The van der Waals surface area contributed by atoms with Gasteiger partial charge in [-0.25, -0.2) is 0 Å². The van der Waals surface area contributed by atoms with Crippen LogP contribution in [-0.4, -0.2) is 83.2 Å². The molecule has 0 atom stereocenters. The van der Waals surface area contributed by atoms with Crippen LogP contribution in [0.4, 0.5) is 0 Å². The van der Waals surface area contributed by atoms with Crippen molar-refractivity contribution in [2.75, 3.05) is 52.6 Å². The highest BCUT2D eigenvalue weighted by Crippen LogP contribution is 2.29. The highest BCUT2D eigenvalue weighted by molar-refractivity contribution is 5.04. The van der Waals surface area contributed by atoms with E-state index in [1.165, 1.54) is 44.6 Å². The summed E-state index contributed by atoms with van der Waals surface area (Å²) < 4.78 is 13.2. The first-order valence-electron chi connectivity index (χ1n) is 9.81. The lowest BCUT2D eigenvalue weighted by Crippen LogP contribution is -2.44. The number of hydrogen-bond acceptors (Lipinski definition) is 6. The molecule has 3 fully saturated rings. The molecule has 0 N–H and O–H groups in total. The molecule has 1 aromatic rings. The zero-order valence-electron chi connectivity index (χ0n) is 15.4. The van der Waals surface area contributed by atoms with E-state index in [4.69, 9.17) is 9.47 Å². The van der Waals surface area contributed by atoms with Gasteiger partial charge in [-0.2, -0.15) is 0 Å². The molecule has 3 saturated heterocycles. The number of aromatic nitrogens is 3. The van der Waals surface area contributed by atoms with Crippen LogP contribution in [0.1, 0.15) is 43.3 Å². The van der Waals surface area contributed by atoms with E-state index in [0.29, 0.717) is 5.92 Å². The molecule has 0 radical (unpaired) electrons. The van der Waals surface area contributed by atoms with Crippen LogP contribution in [0.25, 0.3) is 0 Å². The van der Waals surface area contributed by atoms with Crippen LogP contribution in [0.15, 0.2) is 0 Å². The lowest BCUT2D eigenvalue weighted by molar-refractivity contribution is 0.0246. The fourth-order valence-corrected chi connectivity index (χ4v) is 4.40. The molecule has 0 unspecified atom stereocenters. The maximum absolute atomic E-state index is 5.50. The summed E-state index contributed by atoms with van der Waals surface area (Å²) in [7, 11) is 2.13. The van der Waals surface area contributed by atoms with Gasteiger partial charge in [-0.3, -0.25) is 4.90 Å². The summed E-state index contributed by atoms with van der Waals surface area (Å²) in [6.07, 6.45) is 4.78. The highest BCUT2D eigenvalue weighted by Gasteiger charge is 2.29. The molecule has 0 aliphatic carbocycles. The third-order valence-electron chi connectivity index (χ3n) is 6.07. The molecule has 0 bridgehead atoms. The molecule has 1 aromatic heterocycles. The van der Waals surface area contributed by atoms with Crippen LogP contribution in [0.5, 0.6) is 0 Å². The van der Waals surface area contributed by atoms with Crippen LogP contribution in [0.3, 0.4) is 0 Å². The second-order valence-electron chi connectivity index (χ2n) is 7.58. The topological polar surface area (TPSA) is 55.7 Å². The molecule has 140 valence electrons. The van der Waals surface area contributed by atoms with Crippen molar-refractivity contribution < 1.29 is 9.47 Å². The fraction of sp³-hybridized carbons (Fsp3) is 0.889. The minimum absolute atomic E-state index is 0.548. The minimum atomic E-state index is 0.548. The normalized spacial score (nSPS) is 25.5. The Morgan fingerprint density at radius 3 is 2.28 bits per heavy atom. The standard InChI is InChI=1S/C18H31N5O2/c1-21-17(14-22-8-12-25-13-9-22)19-20-18(21)15-2-6-23(7-3-15)16-4-10-24-11-5-16/h15-16H,2-14H2,1H3. The summed E-state index contributed by atoms with van der Waals surface area (Å²) in [5.74, 6) is 2.81. The lowest BCUT2D eigenvalue weighted by atomic mass is 9.93. The van der Waals surface area contributed by atoms with Crippen molar-refractivity contribution in [1.29, 1.82) is 0 Å². The van der Waals surface area contributed by atoms with E-state index in [0.717, 1.165) is 57.9 Å². The Balaban J connectivity index is 1.33. The van der Waals surface area contributed by atoms with E-state index >= 15 is 0 Å². The smallest absolute Gasteiger partial charge is 0.146 e. The summed E-state index contributed by atoms with van der Waals surface area (Å²) in [5, 5.41) is 9.05. The largest absolute Gasteiger partial charge is 0.381 e. The molecule has 0 aromatic carbocycles. The van der Waals surface area contributed by atoms with E-state index in [9.17, 15) is 0 Å². The first-order valence-corrected chi connectivity index (χ1v) is 9.81. The first-order chi connectivity index (χ1) is 12.3. The van der Waals surface area contributed by atoms with Crippen LogP contribution in [0, 0.1) is 0 Å². The van der Waals surface area contributed by atoms with Gasteiger partial charge < -0.3 is 18.9 Å². The predicted molar refractivity (Wildman–Crippen MR) is 94.5 cm³/mol. The number of rotatable bonds is 4. The van der Waals surface area contributed by atoms with Crippen LogP contribution in [0.2, 0.25) is 0 Å². The van der Waals surface area contributed by atoms with Gasteiger partial charge in [-0.05, 0) is 38.8 Å². The minimum Gasteiger partial charge on any atom is -0.381 e. The van der Waals surface area contributed by atoms with Gasteiger partial charge in [0.25, 0.3) is 0 Å². The van der Waals surface area contributed by atoms with Gasteiger partial charge in [-0.15, -0.1) is 10.2 Å². The van der Waals surface area contributed by atoms with Crippen LogP contribution < -0.4 is 0 Å².